The highest BCUT2D eigenvalue weighted by molar-refractivity contribution is 7.89. The first-order chi connectivity index (χ1) is 11.4. The predicted octanol–water partition coefficient (Wildman–Crippen LogP) is 2.72. The zero-order chi connectivity index (χ0) is 17.3. The van der Waals surface area contributed by atoms with Crippen LogP contribution in [0.25, 0.3) is 0 Å². The van der Waals surface area contributed by atoms with Gasteiger partial charge in [-0.25, -0.2) is 13.4 Å². The number of imidazole rings is 1. The Kier molecular flexibility index (Phi) is 4.64. The Morgan fingerprint density at radius 3 is 2.75 bits per heavy atom. The van der Waals surface area contributed by atoms with E-state index in [1.165, 1.54) is 10.5 Å². The van der Waals surface area contributed by atoms with Crippen LogP contribution in [-0.4, -0.2) is 42.9 Å². The van der Waals surface area contributed by atoms with Gasteiger partial charge in [0, 0.05) is 24.9 Å². The summed E-state index contributed by atoms with van der Waals surface area (Å²) in [6.45, 7) is 4.91. The van der Waals surface area contributed by atoms with Crippen molar-refractivity contribution in [3.05, 3.63) is 41.9 Å². The van der Waals surface area contributed by atoms with E-state index >= 15 is 0 Å². The molecule has 6 nitrogen and oxygen atoms in total. The molecule has 1 aromatic carbocycles. The summed E-state index contributed by atoms with van der Waals surface area (Å²) in [4.78, 5) is 7.12. The first-order valence-electron chi connectivity index (χ1n) is 8.11. The molecular formula is C17H23N3O3S. The highest BCUT2D eigenvalue weighted by atomic mass is 32.2. The fourth-order valence-corrected chi connectivity index (χ4v) is 4.51. The van der Waals surface area contributed by atoms with E-state index in [-0.39, 0.29) is 16.9 Å². The van der Waals surface area contributed by atoms with Crippen LogP contribution in [0.1, 0.15) is 43.5 Å². The number of benzene rings is 1. The molecule has 1 N–H and O–H groups in total. The van der Waals surface area contributed by atoms with Gasteiger partial charge in [-0.2, -0.15) is 4.31 Å². The number of rotatable bonds is 5. The van der Waals surface area contributed by atoms with Gasteiger partial charge >= 0.3 is 0 Å². The van der Waals surface area contributed by atoms with Crippen molar-refractivity contribution in [1.82, 2.24) is 14.3 Å². The molecule has 1 atom stereocenters. The molecular weight excluding hydrogens is 326 g/mol. The van der Waals surface area contributed by atoms with Crippen LogP contribution in [-0.2, 0) is 10.0 Å². The number of aromatic nitrogens is 2. The van der Waals surface area contributed by atoms with E-state index in [0.29, 0.717) is 18.9 Å². The van der Waals surface area contributed by atoms with Gasteiger partial charge in [-0.3, -0.25) is 0 Å². The minimum absolute atomic E-state index is 0.142. The Balaban J connectivity index is 1.81. The SMILES string of the molecule is COc1ccccc1C1CCN(S(=O)(=O)c2cnc(C(C)C)[nH]2)C1. The first-order valence-corrected chi connectivity index (χ1v) is 9.55. The van der Waals surface area contributed by atoms with Gasteiger partial charge in [0.15, 0.2) is 5.03 Å². The molecule has 2 aromatic rings. The van der Waals surface area contributed by atoms with Gasteiger partial charge in [-0.1, -0.05) is 32.0 Å². The van der Waals surface area contributed by atoms with E-state index in [1.807, 2.05) is 38.1 Å². The fourth-order valence-electron chi connectivity index (χ4n) is 3.09. The number of sulfonamides is 1. The van der Waals surface area contributed by atoms with Gasteiger partial charge in [0.05, 0.1) is 13.3 Å². The molecule has 2 heterocycles. The number of ether oxygens (including phenoxy) is 1. The zero-order valence-corrected chi connectivity index (χ0v) is 15.0. The van der Waals surface area contributed by atoms with E-state index in [1.54, 1.807) is 7.11 Å². The van der Waals surface area contributed by atoms with Crippen molar-refractivity contribution < 1.29 is 13.2 Å². The Hall–Kier alpha value is -1.86. The summed E-state index contributed by atoms with van der Waals surface area (Å²) >= 11 is 0. The van der Waals surface area contributed by atoms with Crippen LogP contribution in [0, 0.1) is 0 Å². The molecule has 1 aliphatic rings. The van der Waals surface area contributed by atoms with Crippen molar-refractivity contribution in [1.29, 1.82) is 0 Å². The minimum Gasteiger partial charge on any atom is -0.496 e. The summed E-state index contributed by atoms with van der Waals surface area (Å²) in [5.74, 6) is 1.80. The number of hydrogen-bond acceptors (Lipinski definition) is 4. The summed E-state index contributed by atoms with van der Waals surface area (Å²) in [6.07, 6.45) is 2.20. The molecule has 130 valence electrons. The summed E-state index contributed by atoms with van der Waals surface area (Å²) in [5.41, 5.74) is 1.06. The molecule has 1 unspecified atom stereocenters. The lowest BCUT2D eigenvalue weighted by Crippen LogP contribution is -2.29. The van der Waals surface area contributed by atoms with Crippen LogP contribution in [0.15, 0.2) is 35.5 Å². The summed E-state index contributed by atoms with van der Waals surface area (Å²) in [7, 11) is -1.90. The number of hydrogen-bond donors (Lipinski definition) is 1. The summed E-state index contributed by atoms with van der Waals surface area (Å²) in [6, 6.07) is 7.80. The second kappa shape index (κ2) is 6.57. The molecule has 0 saturated carbocycles. The first kappa shape index (κ1) is 17.0. The second-order valence-electron chi connectivity index (χ2n) is 6.38. The van der Waals surface area contributed by atoms with Gasteiger partial charge in [0.25, 0.3) is 10.0 Å². The van der Waals surface area contributed by atoms with Crippen molar-refractivity contribution >= 4 is 10.0 Å². The lowest BCUT2D eigenvalue weighted by molar-refractivity contribution is 0.404. The lowest BCUT2D eigenvalue weighted by Gasteiger charge is -2.17. The molecule has 0 amide bonds. The number of aromatic amines is 1. The minimum atomic E-state index is -3.54. The Morgan fingerprint density at radius 1 is 1.33 bits per heavy atom. The predicted molar refractivity (Wildman–Crippen MR) is 91.8 cm³/mol. The van der Waals surface area contributed by atoms with Gasteiger partial charge < -0.3 is 9.72 Å². The molecule has 7 heteroatoms. The van der Waals surface area contributed by atoms with Crippen LogP contribution in [0.5, 0.6) is 5.75 Å². The van der Waals surface area contributed by atoms with Crippen molar-refractivity contribution in [3.63, 3.8) is 0 Å². The number of para-hydroxylation sites is 1. The fraction of sp³-hybridized carbons (Fsp3) is 0.471. The number of nitrogens with zero attached hydrogens (tertiary/aromatic N) is 2. The number of H-pyrrole nitrogens is 1. The molecule has 24 heavy (non-hydrogen) atoms. The largest absolute Gasteiger partial charge is 0.496 e. The molecule has 0 spiro atoms. The Morgan fingerprint density at radius 2 is 2.08 bits per heavy atom. The van der Waals surface area contributed by atoms with E-state index in [9.17, 15) is 8.42 Å². The maximum Gasteiger partial charge on any atom is 0.260 e. The normalized spacial score (nSPS) is 19.1. The standard InChI is InChI=1S/C17H23N3O3S/c1-12(2)17-18-10-16(19-17)24(21,22)20-9-8-13(11-20)14-6-4-5-7-15(14)23-3/h4-7,10,12-13H,8-9,11H2,1-3H3,(H,18,19). The van der Waals surface area contributed by atoms with Crippen LogP contribution < -0.4 is 4.74 Å². The number of nitrogens with one attached hydrogen (secondary N) is 1. The Bertz CT molecular complexity index is 814. The Labute approximate surface area is 142 Å². The third-order valence-corrected chi connectivity index (χ3v) is 6.24. The third kappa shape index (κ3) is 3.06. The van der Waals surface area contributed by atoms with E-state index < -0.39 is 10.0 Å². The smallest absolute Gasteiger partial charge is 0.260 e. The molecule has 1 aliphatic heterocycles. The highest BCUT2D eigenvalue weighted by Crippen LogP contribution is 2.35. The van der Waals surface area contributed by atoms with Crippen LogP contribution >= 0.6 is 0 Å². The van der Waals surface area contributed by atoms with E-state index in [4.69, 9.17) is 4.74 Å². The van der Waals surface area contributed by atoms with Crippen LogP contribution in [0.2, 0.25) is 0 Å². The monoisotopic (exact) mass is 349 g/mol. The zero-order valence-electron chi connectivity index (χ0n) is 14.2. The lowest BCUT2D eigenvalue weighted by atomic mass is 9.97. The molecule has 1 saturated heterocycles. The molecule has 1 fully saturated rings. The van der Waals surface area contributed by atoms with Crippen molar-refractivity contribution in [2.45, 2.75) is 37.1 Å². The van der Waals surface area contributed by atoms with Gasteiger partial charge in [0.1, 0.15) is 11.6 Å². The maximum absolute atomic E-state index is 12.8. The maximum atomic E-state index is 12.8. The van der Waals surface area contributed by atoms with Gasteiger partial charge in [0.2, 0.25) is 0 Å². The molecule has 0 bridgehead atoms. The number of methoxy groups -OCH3 is 1. The topological polar surface area (TPSA) is 75.3 Å². The van der Waals surface area contributed by atoms with Gasteiger partial charge in [-0.15, -0.1) is 0 Å². The molecule has 3 rings (SSSR count). The molecule has 0 aliphatic carbocycles. The van der Waals surface area contributed by atoms with Crippen LogP contribution in [0.3, 0.4) is 0 Å². The summed E-state index contributed by atoms with van der Waals surface area (Å²) in [5, 5.41) is 0.173. The third-order valence-electron chi connectivity index (χ3n) is 4.47. The molecule has 1 aromatic heterocycles. The van der Waals surface area contributed by atoms with Crippen molar-refractivity contribution in [3.8, 4) is 5.75 Å². The average Bonchev–Trinajstić information content (AvgIpc) is 3.24. The second-order valence-corrected chi connectivity index (χ2v) is 8.28. The average molecular weight is 349 g/mol. The van der Waals surface area contributed by atoms with Crippen LogP contribution in [0.4, 0.5) is 0 Å². The molecule has 0 radical (unpaired) electrons. The van der Waals surface area contributed by atoms with Gasteiger partial charge in [-0.05, 0) is 18.1 Å². The van der Waals surface area contributed by atoms with E-state index in [0.717, 1.165) is 17.7 Å². The van der Waals surface area contributed by atoms with Crippen molar-refractivity contribution in [2.75, 3.05) is 20.2 Å². The van der Waals surface area contributed by atoms with Crippen molar-refractivity contribution in [2.24, 2.45) is 0 Å². The quantitative estimate of drug-likeness (QED) is 0.900. The summed E-state index contributed by atoms with van der Waals surface area (Å²) < 4.78 is 32.6. The highest BCUT2D eigenvalue weighted by Gasteiger charge is 2.35. The van der Waals surface area contributed by atoms with E-state index in [2.05, 4.69) is 9.97 Å².